The molecule has 0 bridgehead atoms. The fourth-order valence-corrected chi connectivity index (χ4v) is 4.65. The molecule has 0 radical (unpaired) electrons. The number of ether oxygens (including phenoxy) is 1. The average molecular weight is 482 g/mol. The molecule has 0 saturated carbocycles. The Morgan fingerprint density at radius 3 is 2.21 bits per heavy atom. The molecule has 1 unspecified atom stereocenters. The number of anilines is 1. The van der Waals surface area contributed by atoms with Gasteiger partial charge in [0.2, 0.25) is 0 Å². The number of amides is 1. The molecule has 5 nitrogen and oxygen atoms in total. The van der Waals surface area contributed by atoms with E-state index in [1.807, 2.05) is 31.2 Å². The van der Waals surface area contributed by atoms with E-state index in [1.54, 1.807) is 50.4 Å². The van der Waals surface area contributed by atoms with Crippen molar-refractivity contribution in [2.75, 3.05) is 12.0 Å². The Hall–Kier alpha value is -3.28. The largest absolute Gasteiger partial charge is 0.507 e. The lowest BCUT2D eigenvalue weighted by Crippen LogP contribution is -2.29. The highest BCUT2D eigenvalue weighted by molar-refractivity contribution is 6.52. The van der Waals surface area contributed by atoms with E-state index in [1.165, 1.54) is 4.90 Å². The molecule has 0 aromatic heterocycles. The summed E-state index contributed by atoms with van der Waals surface area (Å²) in [6, 6.07) is 16.4. The van der Waals surface area contributed by atoms with Gasteiger partial charge in [-0.05, 0) is 66.9 Å². The molecule has 1 N–H and O–H groups in total. The summed E-state index contributed by atoms with van der Waals surface area (Å²) in [6.45, 7) is 3.69. The fourth-order valence-electron chi connectivity index (χ4n) is 4.14. The Labute approximate surface area is 201 Å². The lowest BCUT2D eigenvalue weighted by molar-refractivity contribution is -0.132. The number of aryl methyl sites for hydroxylation is 2. The van der Waals surface area contributed by atoms with Gasteiger partial charge in [0.1, 0.15) is 11.5 Å². The molecule has 1 fully saturated rings. The molecule has 1 aliphatic rings. The molecule has 0 aliphatic carbocycles. The number of rotatable bonds is 4. The number of hydrogen-bond donors (Lipinski definition) is 1. The van der Waals surface area contributed by atoms with E-state index in [4.69, 9.17) is 27.9 Å². The van der Waals surface area contributed by atoms with Crippen molar-refractivity contribution in [2.24, 2.45) is 0 Å². The van der Waals surface area contributed by atoms with Crippen molar-refractivity contribution in [3.63, 3.8) is 0 Å². The number of carbonyl (C=O) groups excluding carboxylic acids is 2. The minimum Gasteiger partial charge on any atom is -0.507 e. The van der Waals surface area contributed by atoms with Gasteiger partial charge >= 0.3 is 0 Å². The predicted molar refractivity (Wildman–Crippen MR) is 130 cm³/mol. The van der Waals surface area contributed by atoms with Crippen LogP contribution in [0.4, 0.5) is 5.69 Å². The van der Waals surface area contributed by atoms with E-state index in [0.717, 1.165) is 5.56 Å². The van der Waals surface area contributed by atoms with Crippen LogP contribution in [0.5, 0.6) is 5.75 Å². The Morgan fingerprint density at radius 1 is 0.939 bits per heavy atom. The highest BCUT2D eigenvalue weighted by Crippen LogP contribution is 2.44. The van der Waals surface area contributed by atoms with Gasteiger partial charge < -0.3 is 9.84 Å². The van der Waals surface area contributed by atoms with E-state index < -0.39 is 17.7 Å². The summed E-state index contributed by atoms with van der Waals surface area (Å²) in [5.41, 5.74) is 3.08. The molecule has 1 atom stereocenters. The highest BCUT2D eigenvalue weighted by Gasteiger charge is 2.47. The maximum absolute atomic E-state index is 13.3. The smallest absolute Gasteiger partial charge is 0.300 e. The number of aliphatic hydroxyl groups is 1. The summed E-state index contributed by atoms with van der Waals surface area (Å²) in [6.07, 6.45) is 0. The number of carbonyl (C=O) groups is 2. The van der Waals surface area contributed by atoms with Gasteiger partial charge in [-0.3, -0.25) is 14.5 Å². The van der Waals surface area contributed by atoms with Crippen molar-refractivity contribution in [3.05, 3.63) is 98.5 Å². The number of nitrogens with zero attached hydrogens (tertiary/aromatic N) is 1. The first-order valence-corrected chi connectivity index (χ1v) is 11.0. The molecular formula is C26H21Cl2NO4. The summed E-state index contributed by atoms with van der Waals surface area (Å²) < 4.78 is 5.24. The van der Waals surface area contributed by atoms with Crippen LogP contribution in [0.1, 0.15) is 28.3 Å². The topological polar surface area (TPSA) is 66.8 Å². The van der Waals surface area contributed by atoms with Gasteiger partial charge in [0.05, 0.1) is 18.7 Å². The predicted octanol–water partition coefficient (Wildman–Crippen LogP) is 6.25. The van der Waals surface area contributed by atoms with Crippen molar-refractivity contribution >= 4 is 46.3 Å². The first kappa shape index (κ1) is 22.9. The summed E-state index contributed by atoms with van der Waals surface area (Å²) in [5, 5.41) is 12.0. The summed E-state index contributed by atoms with van der Waals surface area (Å²) in [5.74, 6) is -1.19. The first-order valence-electron chi connectivity index (χ1n) is 10.2. The summed E-state index contributed by atoms with van der Waals surface area (Å²) in [7, 11) is 1.55. The molecule has 3 aromatic rings. The van der Waals surface area contributed by atoms with Gasteiger partial charge in [-0.2, -0.15) is 0 Å². The molecule has 1 saturated heterocycles. The zero-order valence-electron chi connectivity index (χ0n) is 18.2. The second-order valence-electron chi connectivity index (χ2n) is 7.83. The van der Waals surface area contributed by atoms with Crippen LogP contribution in [-0.2, 0) is 9.59 Å². The van der Waals surface area contributed by atoms with Crippen LogP contribution >= 0.6 is 23.2 Å². The van der Waals surface area contributed by atoms with Crippen LogP contribution in [0.2, 0.25) is 10.0 Å². The molecule has 1 amide bonds. The minimum atomic E-state index is -0.859. The van der Waals surface area contributed by atoms with E-state index in [2.05, 4.69) is 0 Å². The lowest BCUT2D eigenvalue weighted by Gasteiger charge is -2.27. The van der Waals surface area contributed by atoms with Gasteiger partial charge in [-0.15, -0.1) is 0 Å². The Morgan fingerprint density at radius 2 is 1.61 bits per heavy atom. The number of ketones is 1. The fraction of sp³-hybridized carbons (Fsp3) is 0.154. The van der Waals surface area contributed by atoms with Crippen molar-refractivity contribution in [1.29, 1.82) is 0 Å². The molecule has 33 heavy (non-hydrogen) atoms. The Kier molecular flexibility index (Phi) is 6.19. The van der Waals surface area contributed by atoms with Crippen molar-refractivity contribution in [3.8, 4) is 5.75 Å². The Bertz CT molecular complexity index is 1300. The average Bonchev–Trinajstić information content (AvgIpc) is 3.03. The van der Waals surface area contributed by atoms with Crippen LogP contribution in [-0.4, -0.2) is 23.9 Å². The van der Waals surface area contributed by atoms with Crippen molar-refractivity contribution in [1.82, 2.24) is 0 Å². The lowest BCUT2D eigenvalue weighted by atomic mass is 9.91. The third-order valence-corrected chi connectivity index (χ3v) is 6.18. The number of aliphatic hydroxyl groups excluding tert-OH is 1. The van der Waals surface area contributed by atoms with Gasteiger partial charge in [0.25, 0.3) is 11.7 Å². The van der Waals surface area contributed by atoms with Gasteiger partial charge in [-0.1, -0.05) is 47.5 Å². The molecule has 1 heterocycles. The van der Waals surface area contributed by atoms with E-state index in [-0.39, 0.29) is 11.3 Å². The molecule has 1 aliphatic heterocycles. The summed E-state index contributed by atoms with van der Waals surface area (Å²) >= 11 is 12.4. The second kappa shape index (κ2) is 8.93. The van der Waals surface area contributed by atoms with Gasteiger partial charge in [0.15, 0.2) is 0 Å². The number of halogens is 2. The third-order valence-electron chi connectivity index (χ3n) is 5.74. The normalized spacial score (nSPS) is 17.5. The van der Waals surface area contributed by atoms with Crippen LogP contribution < -0.4 is 9.64 Å². The van der Waals surface area contributed by atoms with Crippen molar-refractivity contribution in [2.45, 2.75) is 19.9 Å². The maximum atomic E-state index is 13.3. The first-order chi connectivity index (χ1) is 15.7. The molecule has 168 valence electrons. The molecular weight excluding hydrogens is 461 g/mol. The monoisotopic (exact) mass is 481 g/mol. The van der Waals surface area contributed by atoms with E-state index in [9.17, 15) is 14.7 Å². The minimum absolute atomic E-state index is 0.00124. The van der Waals surface area contributed by atoms with Crippen LogP contribution in [0.15, 0.2) is 66.2 Å². The number of benzene rings is 3. The second-order valence-corrected chi connectivity index (χ2v) is 8.71. The van der Waals surface area contributed by atoms with Crippen molar-refractivity contribution < 1.29 is 19.4 Å². The van der Waals surface area contributed by atoms with E-state index >= 15 is 0 Å². The van der Waals surface area contributed by atoms with Gasteiger partial charge in [-0.25, -0.2) is 0 Å². The third kappa shape index (κ3) is 4.10. The highest BCUT2D eigenvalue weighted by atomic mass is 35.5. The Balaban J connectivity index is 2.00. The zero-order chi connectivity index (χ0) is 23.9. The quantitative estimate of drug-likeness (QED) is 0.271. The standard InChI is InChI=1S/C26H21Cl2NO4/c1-14-6-4-5-7-20(14)23-22(24(30)21-9-8-19(33-3)10-15(21)2)25(31)26(32)29(23)18-12-16(27)11-17(28)13-18/h4-13,23,30H,1-3H3/b24-22+. The number of hydrogen-bond acceptors (Lipinski definition) is 4. The SMILES string of the molecule is COc1ccc(/C(O)=C2\C(=O)C(=O)N(c3cc(Cl)cc(Cl)c3)C2c2ccccc2C)c(C)c1. The number of Topliss-reactive ketones (excluding diaryl/α,β-unsaturated/α-hetero) is 1. The molecule has 3 aromatic carbocycles. The van der Waals surface area contributed by atoms with E-state index in [0.29, 0.717) is 38.2 Å². The molecule has 7 heteroatoms. The maximum Gasteiger partial charge on any atom is 0.300 e. The molecule has 0 spiro atoms. The van der Waals surface area contributed by atoms with Crippen LogP contribution in [0, 0.1) is 13.8 Å². The number of methoxy groups -OCH3 is 1. The van der Waals surface area contributed by atoms with Crippen LogP contribution in [0.3, 0.4) is 0 Å². The summed E-state index contributed by atoms with van der Waals surface area (Å²) in [4.78, 5) is 27.9. The molecule has 4 rings (SSSR count). The zero-order valence-corrected chi connectivity index (χ0v) is 19.7. The van der Waals surface area contributed by atoms with Gasteiger partial charge in [0, 0.05) is 21.3 Å². The van der Waals surface area contributed by atoms with Crippen LogP contribution in [0.25, 0.3) is 5.76 Å².